The van der Waals surface area contributed by atoms with Crippen LogP contribution in [-0.4, -0.2) is 48.2 Å². The van der Waals surface area contributed by atoms with Crippen LogP contribution in [-0.2, 0) is 20.7 Å². The van der Waals surface area contributed by atoms with E-state index in [0.29, 0.717) is 39.1 Å². The van der Waals surface area contributed by atoms with Crippen molar-refractivity contribution in [3.8, 4) is 0 Å². The number of carbonyl (C=O) groups is 2. The molecule has 5 heteroatoms. The second-order valence-electron chi connectivity index (χ2n) is 7.64. The SMILES string of the molecule is Cc1cc(C)cc(CCC(=O)N2CC(C(=O)O)C3(CCOCC3)C2)c1. The summed E-state index contributed by atoms with van der Waals surface area (Å²) >= 11 is 0. The number of carboxylic acids is 1. The summed E-state index contributed by atoms with van der Waals surface area (Å²) in [7, 11) is 0. The number of hydrogen-bond donors (Lipinski definition) is 1. The monoisotopic (exact) mass is 345 g/mol. The largest absolute Gasteiger partial charge is 0.481 e. The van der Waals surface area contributed by atoms with Gasteiger partial charge in [-0.1, -0.05) is 29.3 Å². The van der Waals surface area contributed by atoms with Gasteiger partial charge in [0.15, 0.2) is 0 Å². The Labute approximate surface area is 149 Å². The summed E-state index contributed by atoms with van der Waals surface area (Å²) in [6.45, 7) is 6.19. The lowest BCUT2D eigenvalue weighted by atomic mass is 9.72. The summed E-state index contributed by atoms with van der Waals surface area (Å²) in [6.07, 6.45) is 2.59. The minimum absolute atomic E-state index is 0.0637. The number of hydrogen-bond acceptors (Lipinski definition) is 3. The van der Waals surface area contributed by atoms with E-state index in [1.54, 1.807) is 4.90 Å². The highest BCUT2D eigenvalue weighted by atomic mass is 16.5. The second-order valence-corrected chi connectivity index (χ2v) is 7.64. The first-order chi connectivity index (χ1) is 11.9. The van der Waals surface area contributed by atoms with Gasteiger partial charge in [-0.3, -0.25) is 9.59 Å². The Hall–Kier alpha value is -1.88. The van der Waals surface area contributed by atoms with Crippen molar-refractivity contribution in [2.75, 3.05) is 26.3 Å². The molecule has 2 aliphatic heterocycles. The van der Waals surface area contributed by atoms with Crippen molar-refractivity contribution in [3.63, 3.8) is 0 Å². The molecule has 0 radical (unpaired) electrons. The number of aliphatic carboxylic acids is 1. The lowest BCUT2D eigenvalue weighted by molar-refractivity contribution is -0.146. The van der Waals surface area contributed by atoms with Gasteiger partial charge in [-0.25, -0.2) is 0 Å². The number of amides is 1. The molecule has 136 valence electrons. The molecular formula is C20H27NO4. The molecule has 1 aromatic rings. The number of aryl methyl sites for hydroxylation is 3. The predicted octanol–water partition coefficient (Wildman–Crippen LogP) is 2.58. The zero-order valence-corrected chi connectivity index (χ0v) is 15.1. The lowest BCUT2D eigenvalue weighted by Crippen LogP contribution is -2.40. The van der Waals surface area contributed by atoms with Crippen LogP contribution in [0.2, 0.25) is 0 Å². The van der Waals surface area contributed by atoms with Gasteiger partial charge < -0.3 is 14.7 Å². The van der Waals surface area contributed by atoms with Gasteiger partial charge in [0, 0.05) is 38.1 Å². The molecule has 25 heavy (non-hydrogen) atoms. The van der Waals surface area contributed by atoms with E-state index in [0.717, 1.165) is 12.8 Å². The Kier molecular flexibility index (Phi) is 5.13. The van der Waals surface area contributed by atoms with Crippen LogP contribution in [0.1, 0.15) is 36.0 Å². The molecule has 2 fully saturated rings. The maximum absolute atomic E-state index is 12.7. The normalized spacial score (nSPS) is 22.3. The van der Waals surface area contributed by atoms with Crippen molar-refractivity contribution in [1.29, 1.82) is 0 Å². The van der Waals surface area contributed by atoms with E-state index < -0.39 is 11.9 Å². The number of ether oxygens (including phenoxy) is 1. The molecule has 0 aromatic heterocycles. The summed E-state index contributed by atoms with van der Waals surface area (Å²) in [6, 6.07) is 6.35. The van der Waals surface area contributed by atoms with E-state index in [2.05, 4.69) is 32.0 Å². The van der Waals surface area contributed by atoms with Gasteiger partial charge in [0.25, 0.3) is 0 Å². The molecule has 1 spiro atoms. The first-order valence-electron chi connectivity index (χ1n) is 9.05. The maximum Gasteiger partial charge on any atom is 0.308 e. The van der Waals surface area contributed by atoms with E-state index in [1.807, 2.05) is 0 Å². The zero-order valence-electron chi connectivity index (χ0n) is 15.1. The summed E-state index contributed by atoms with van der Waals surface area (Å²) in [5, 5.41) is 9.62. The van der Waals surface area contributed by atoms with Crippen LogP contribution in [0.5, 0.6) is 0 Å². The lowest BCUT2D eigenvalue weighted by Gasteiger charge is -2.36. The molecule has 1 atom stereocenters. The molecule has 0 aliphatic carbocycles. The molecule has 3 rings (SSSR count). The third-order valence-electron chi connectivity index (χ3n) is 5.70. The minimum Gasteiger partial charge on any atom is -0.481 e. The molecule has 2 saturated heterocycles. The van der Waals surface area contributed by atoms with Gasteiger partial charge in [-0.05, 0) is 38.7 Å². The van der Waals surface area contributed by atoms with Gasteiger partial charge >= 0.3 is 5.97 Å². The highest BCUT2D eigenvalue weighted by Crippen LogP contribution is 2.44. The third-order valence-corrected chi connectivity index (χ3v) is 5.70. The van der Waals surface area contributed by atoms with Crippen LogP contribution in [0.25, 0.3) is 0 Å². The van der Waals surface area contributed by atoms with Gasteiger partial charge in [0.05, 0.1) is 5.92 Å². The van der Waals surface area contributed by atoms with Crippen molar-refractivity contribution in [3.05, 3.63) is 34.9 Å². The van der Waals surface area contributed by atoms with Gasteiger partial charge in [-0.15, -0.1) is 0 Å². The van der Waals surface area contributed by atoms with E-state index in [9.17, 15) is 14.7 Å². The Morgan fingerprint density at radius 2 is 1.84 bits per heavy atom. The highest BCUT2D eigenvalue weighted by molar-refractivity contribution is 5.79. The second kappa shape index (κ2) is 7.16. The van der Waals surface area contributed by atoms with E-state index in [4.69, 9.17) is 4.74 Å². The van der Waals surface area contributed by atoms with Crippen molar-refractivity contribution in [2.45, 2.75) is 39.5 Å². The average Bonchev–Trinajstić information content (AvgIpc) is 2.91. The molecule has 1 aromatic carbocycles. The number of nitrogens with zero attached hydrogens (tertiary/aromatic N) is 1. The van der Waals surface area contributed by atoms with E-state index in [1.165, 1.54) is 16.7 Å². The fourth-order valence-electron chi connectivity index (χ4n) is 4.41. The smallest absolute Gasteiger partial charge is 0.308 e. The van der Waals surface area contributed by atoms with Gasteiger partial charge in [0.1, 0.15) is 0 Å². The third kappa shape index (κ3) is 3.87. The molecule has 1 N–H and O–H groups in total. The van der Waals surface area contributed by atoms with Crippen LogP contribution in [0.15, 0.2) is 18.2 Å². The molecule has 2 aliphatic rings. The summed E-state index contributed by atoms with van der Waals surface area (Å²) in [5.74, 6) is -1.19. The first kappa shape index (κ1) is 17.9. The number of likely N-dealkylation sites (tertiary alicyclic amines) is 1. The highest BCUT2D eigenvalue weighted by Gasteiger charge is 2.51. The van der Waals surface area contributed by atoms with Crippen LogP contribution in [0, 0.1) is 25.2 Å². The van der Waals surface area contributed by atoms with Crippen molar-refractivity contribution in [1.82, 2.24) is 4.90 Å². The Balaban J connectivity index is 1.65. The Morgan fingerprint density at radius 1 is 1.20 bits per heavy atom. The average molecular weight is 345 g/mol. The predicted molar refractivity (Wildman–Crippen MR) is 94.4 cm³/mol. The fraction of sp³-hybridized carbons (Fsp3) is 0.600. The minimum atomic E-state index is -0.786. The quantitative estimate of drug-likeness (QED) is 0.911. The number of carbonyl (C=O) groups excluding carboxylic acids is 1. The van der Waals surface area contributed by atoms with Crippen molar-refractivity contribution in [2.24, 2.45) is 11.3 Å². The van der Waals surface area contributed by atoms with Crippen molar-refractivity contribution < 1.29 is 19.4 Å². The first-order valence-corrected chi connectivity index (χ1v) is 9.05. The molecule has 0 bridgehead atoms. The van der Waals surface area contributed by atoms with E-state index in [-0.39, 0.29) is 11.3 Å². The van der Waals surface area contributed by atoms with Gasteiger partial charge in [0.2, 0.25) is 5.91 Å². The number of carboxylic acid groups (broad SMARTS) is 1. The maximum atomic E-state index is 12.7. The number of benzene rings is 1. The van der Waals surface area contributed by atoms with E-state index >= 15 is 0 Å². The van der Waals surface area contributed by atoms with Crippen LogP contribution < -0.4 is 0 Å². The van der Waals surface area contributed by atoms with Crippen molar-refractivity contribution >= 4 is 11.9 Å². The molecule has 1 unspecified atom stereocenters. The van der Waals surface area contributed by atoms with Crippen LogP contribution in [0.3, 0.4) is 0 Å². The summed E-state index contributed by atoms with van der Waals surface area (Å²) < 4.78 is 5.41. The summed E-state index contributed by atoms with van der Waals surface area (Å²) in [5.41, 5.74) is 3.27. The molecule has 5 nitrogen and oxygen atoms in total. The van der Waals surface area contributed by atoms with Crippen LogP contribution >= 0.6 is 0 Å². The molecule has 0 saturated carbocycles. The van der Waals surface area contributed by atoms with Gasteiger partial charge in [-0.2, -0.15) is 0 Å². The Morgan fingerprint density at radius 3 is 2.44 bits per heavy atom. The fourth-order valence-corrected chi connectivity index (χ4v) is 4.41. The topological polar surface area (TPSA) is 66.8 Å². The Bertz CT molecular complexity index is 643. The molecule has 1 amide bonds. The summed E-state index contributed by atoms with van der Waals surface area (Å²) in [4.78, 5) is 26.2. The molecular weight excluding hydrogens is 318 g/mol. The molecule has 2 heterocycles. The number of rotatable bonds is 4. The zero-order chi connectivity index (χ0) is 18.0. The van der Waals surface area contributed by atoms with Crippen LogP contribution in [0.4, 0.5) is 0 Å². The standard InChI is InChI=1S/C20H27NO4/c1-14-9-15(2)11-16(10-14)3-4-18(22)21-12-17(19(23)24)20(13-21)5-7-25-8-6-20/h9-11,17H,3-8,12-13H2,1-2H3,(H,23,24).